The number of pyridine rings is 2. The minimum Gasteiger partial charge on any atom is -0.458 e. The Morgan fingerprint density at radius 1 is 1.27 bits per heavy atom. The molecule has 4 aromatic rings. The molecule has 0 unspecified atom stereocenters. The third-order valence-corrected chi connectivity index (χ3v) is 7.53. The van der Waals surface area contributed by atoms with Crippen molar-refractivity contribution in [1.29, 1.82) is 5.41 Å². The number of aliphatic hydroxyl groups is 1. The summed E-state index contributed by atoms with van der Waals surface area (Å²) < 4.78 is 6.81. The first kappa shape index (κ1) is 20.0. The quantitative estimate of drug-likeness (QED) is 0.317. The SMILES string of the molecule is CC[C@@]1(O)C(=O)OCc2c1cc1n(c2=O)Cc2c-1nc1ccc(C=N)cc1c2-c1cccs1. The summed E-state index contributed by atoms with van der Waals surface area (Å²) in [5.41, 5.74) is 3.19. The first-order valence-corrected chi connectivity index (χ1v) is 11.5. The highest BCUT2D eigenvalue weighted by molar-refractivity contribution is 7.13. The number of nitrogens with zero attached hydrogens (tertiary/aromatic N) is 2. The molecule has 0 spiro atoms. The molecule has 2 aliphatic rings. The molecule has 2 aliphatic heterocycles. The Morgan fingerprint density at radius 2 is 2.12 bits per heavy atom. The summed E-state index contributed by atoms with van der Waals surface area (Å²) in [6, 6.07) is 11.4. The van der Waals surface area contributed by atoms with E-state index < -0.39 is 11.6 Å². The predicted octanol–water partition coefficient (Wildman–Crippen LogP) is 3.81. The number of fused-ring (bicyclic) bond motifs is 5. The molecule has 6 rings (SSSR count). The van der Waals surface area contributed by atoms with Gasteiger partial charge in [0.05, 0.1) is 29.0 Å². The van der Waals surface area contributed by atoms with Crippen molar-refractivity contribution in [3.8, 4) is 21.8 Å². The van der Waals surface area contributed by atoms with Crippen molar-refractivity contribution in [2.45, 2.75) is 32.1 Å². The van der Waals surface area contributed by atoms with Gasteiger partial charge in [0.1, 0.15) is 6.61 Å². The lowest BCUT2D eigenvalue weighted by molar-refractivity contribution is -0.172. The van der Waals surface area contributed by atoms with Gasteiger partial charge in [0, 0.05) is 33.2 Å². The van der Waals surface area contributed by atoms with Crippen molar-refractivity contribution < 1.29 is 14.6 Å². The van der Waals surface area contributed by atoms with Crippen LogP contribution in [0, 0.1) is 5.41 Å². The molecule has 3 aromatic heterocycles. The van der Waals surface area contributed by atoms with Gasteiger partial charge in [-0.25, -0.2) is 9.78 Å². The van der Waals surface area contributed by atoms with Gasteiger partial charge in [0.25, 0.3) is 5.56 Å². The van der Waals surface area contributed by atoms with Gasteiger partial charge in [-0.15, -0.1) is 11.3 Å². The highest BCUT2D eigenvalue weighted by atomic mass is 32.1. The number of thiophene rings is 1. The number of cyclic esters (lactones) is 1. The molecule has 0 saturated heterocycles. The second-order valence-electron chi connectivity index (χ2n) is 8.32. The lowest BCUT2D eigenvalue weighted by Crippen LogP contribution is -2.44. The maximum Gasteiger partial charge on any atom is 0.343 e. The second kappa shape index (κ2) is 6.94. The fourth-order valence-corrected chi connectivity index (χ4v) is 5.70. The highest BCUT2D eigenvalue weighted by Crippen LogP contribution is 2.44. The molecule has 0 amide bonds. The maximum atomic E-state index is 13.5. The van der Waals surface area contributed by atoms with E-state index in [1.165, 1.54) is 6.21 Å². The third kappa shape index (κ3) is 2.65. The van der Waals surface area contributed by atoms with Gasteiger partial charge in [-0.2, -0.15) is 0 Å². The molecule has 1 atom stereocenters. The standard InChI is InChI=1S/C25H19N3O4S/c1-2-25(31)17-9-19-22-15(11-28(19)23(29)16(17)12-32-24(25)30)21(20-4-3-7-33-20)14-8-13(10-26)5-6-18(14)27-22/h3-10,26,31H,2,11-12H2,1H3/t25-/m0/s1. The summed E-state index contributed by atoms with van der Waals surface area (Å²) in [7, 11) is 0. The van der Waals surface area contributed by atoms with Crippen LogP contribution in [0.4, 0.5) is 0 Å². The van der Waals surface area contributed by atoms with Crippen molar-refractivity contribution in [1.82, 2.24) is 9.55 Å². The van der Waals surface area contributed by atoms with Crippen molar-refractivity contribution in [2.24, 2.45) is 0 Å². The van der Waals surface area contributed by atoms with E-state index in [1.54, 1.807) is 28.9 Å². The molecule has 164 valence electrons. The summed E-state index contributed by atoms with van der Waals surface area (Å²) in [5.74, 6) is -0.731. The van der Waals surface area contributed by atoms with Crippen LogP contribution in [0.2, 0.25) is 0 Å². The smallest absolute Gasteiger partial charge is 0.343 e. The number of hydrogen-bond donors (Lipinski definition) is 2. The molecule has 1 aromatic carbocycles. The topological polar surface area (TPSA) is 105 Å². The number of esters is 1. The third-order valence-electron chi connectivity index (χ3n) is 6.65. The van der Waals surface area contributed by atoms with Crippen LogP contribution in [0.3, 0.4) is 0 Å². The molecule has 0 saturated carbocycles. The van der Waals surface area contributed by atoms with Crippen LogP contribution in [-0.2, 0) is 28.3 Å². The van der Waals surface area contributed by atoms with Crippen molar-refractivity contribution in [2.75, 3.05) is 0 Å². The summed E-state index contributed by atoms with van der Waals surface area (Å²) in [5, 5.41) is 21.7. The number of rotatable bonds is 3. The molecule has 7 nitrogen and oxygen atoms in total. The van der Waals surface area contributed by atoms with Crippen LogP contribution < -0.4 is 5.56 Å². The second-order valence-corrected chi connectivity index (χ2v) is 9.26. The highest BCUT2D eigenvalue weighted by Gasteiger charge is 2.45. The van der Waals surface area contributed by atoms with E-state index >= 15 is 0 Å². The predicted molar refractivity (Wildman–Crippen MR) is 126 cm³/mol. The normalized spacial score (nSPS) is 18.5. The zero-order valence-corrected chi connectivity index (χ0v) is 18.5. The Labute approximate surface area is 192 Å². The van der Waals surface area contributed by atoms with E-state index in [0.29, 0.717) is 29.1 Å². The fourth-order valence-electron chi connectivity index (χ4n) is 4.89. The maximum absolute atomic E-state index is 13.5. The van der Waals surface area contributed by atoms with Crippen LogP contribution in [-0.4, -0.2) is 26.8 Å². The zero-order valence-electron chi connectivity index (χ0n) is 17.7. The van der Waals surface area contributed by atoms with E-state index in [0.717, 1.165) is 32.5 Å². The molecule has 5 heterocycles. The van der Waals surface area contributed by atoms with Gasteiger partial charge >= 0.3 is 5.97 Å². The monoisotopic (exact) mass is 457 g/mol. The number of ether oxygens (including phenoxy) is 1. The van der Waals surface area contributed by atoms with Gasteiger partial charge in [0.2, 0.25) is 0 Å². The van der Waals surface area contributed by atoms with Crippen LogP contribution in [0.1, 0.15) is 35.6 Å². The zero-order chi connectivity index (χ0) is 22.9. The molecule has 0 fully saturated rings. The van der Waals surface area contributed by atoms with Crippen LogP contribution in [0.25, 0.3) is 32.7 Å². The van der Waals surface area contributed by atoms with E-state index in [1.807, 2.05) is 35.7 Å². The first-order chi connectivity index (χ1) is 16.0. The molecule has 33 heavy (non-hydrogen) atoms. The van der Waals surface area contributed by atoms with E-state index in [9.17, 15) is 14.7 Å². The van der Waals surface area contributed by atoms with Crippen molar-refractivity contribution in [3.05, 3.63) is 74.4 Å². The Balaban J connectivity index is 1.70. The lowest BCUT2D eigenvalue weighted by Gasteiger charge is -2.31. The Kier molecular flexibility index (Phi) is 4.21. The fraction of sp³-hybridized carbons (Fsp3) is 0.200. The lowest BCUT2D eigenvalue weighted by atomic mass is 9.86. The number of carbonyl (C=O) groups excluding carboxylic acids is 1. The largest absolute Gasteiger partial charge is 0.458 e. The van der Waals surface area contributed by atoms with Crippen LogP contribution in [0.5, 0.6) is 0 Å². The Hall–Kier alpha value is -3.62. The number of aromatic nitrogens is 2. The minimum absolute atomic E-state index is 0.104. The summed E-state index contributed by atoms with van der Waals surface area (Å²) >= 11 is 1.61. The number of benzene rings is 1. The molecular weight excluding hydrogens is 438 g/mol. The number of nitrogens with one attached hydrogen (secondary N) is 1. The van der Waals surface area contributed by atoms with Crippen LogP contribution in [0.15, 0.2) is 46.6 Å². The van der Waals surface area contributed by atoms with E-state index in [2.05, 4.69) is 0 Å². The summed E-state index contributed by atoms with van der Waals surface area (Å²) in [6.45, 7) is 1.87. The van der Waals surface area contributed by atoms with Crippen molar-refractivity contribution in [3.63, 3.8) is 0 Å². The van der Waals surface area contributed by atoms with Gasteiger partial charge in [0.15, 0.2) is 5.60 Å². The molecule has 8 heteroatoms. The van der Waals surface area contributed by atoms with E-state index in [4.69, 9.17) is 15.1 Å². The van der Waals surface area contributed by atoms with Gasteiger partial charge < -0.3 is 19.8 Å². The van der Waals surface area contributed by atoms with Gasteiger partial charge in [-0.3, -0.25) is 4.79 Å². The van der Waals surface area contributed by atoms with Gasteiger partial charge in [-0.05, 0) is 41.6 Å². The summed E-state index contributed by atoms with van der Waals surface area (Å²) in [6.07, 6.45) is 1.41. The van der Waals surface area contributed by atoms with Gasteiger partial charge in [-0.1, -0.05) is 19.1 Å². The Morgan fingerprint density at radius 3 is 2.85 bits per heavy atom. The molecule has 0 bridgehead atoms. The average molecular weight is 458 g/mol. The molecule has 2 N–H and O–H groups in total. The average Bonchev–Trinajstić information content (AvgIpc) is 3.48. The number of hydrogen-bond acceptors (Lipinski definition) is 7. The number of carbonyl (C=O) groups is 1. The molecule has 0 radical (unpaired) electrons. The molecule has 0 aliphatic carbocycles. The van der Waals surface area contributed by atoms with Crippen LogP contribution >= 0.6 is 11.3 Å². The first-order valence-electron chi connectivity index (χ1n) is 10.6. The van der Waals surface area contributed by atoms with E-state index in [-0.39, 0.29) is 18.6 Å². The Bertz CT molecular complexity index is 1550. The molecular formula is C25H19N3O4S. The summed E-state index contributed by atoms with van der Waals surface area (Å²) in [4.78, 5) is 31.8. The minimum atomic E-state index is -1.85. The van der Waals surface area contributed by atoms with Crippen molar-refractivity contribution >= 4 is 34.4 Å².